The van der Waals surface area contributed by atoms with Gasteiger partial charge in [-0.3, -0.25) is 0 Å². The van der Waals surface area contributed by atoms with Crippen molar-refractivity contribution in [1.82, 2.24) is 4.98 Å². The number of aromatic amines is 1. The van der Waals surface area contributed by atoms with Crippen LogP contribution in [-0.4, -0.2) is 4.98 Å². The summed E-state index contributed by atoms with van der Waals surface area (Å²) in [5, 5.41) is 1.18. The molecule has 0 saturated heterocycles. The Hall–Kier alpha value is -2.09. The largest absolute Gasteiger partial charge is 0.360 e. The van der Waals surface area contributed by atoms with Crippen LogP contribution in [0.15, 0.2) is 48.7 Å². The molecular weight excluding hydrogens is 213 g/mol. The normalized spacial score (nSPS) is 10.9. The van der Waals surface area contributed by atoms with Crippen LogP contribution in [0.3, 0.4) is 0 Å². The van der Waals surface area contributed by atoms with Gasteiger partial charge in [-0.25, -0.2) is 4.39 Å². The van der Waals surface area contributed by atoms with Crippen molar-refractivity contribution in [2.75, 3.05) is 0 Å². The second-order valence-corrected chi connectivity index (χ2v) is 4.21. The maximum atomic E-state index is 12.9. The summed E-state index contributed by atoms with van der Waals surface area (Å²) < 4.78 is 12.9. The van der Waals surface area contributed by atoms with Gasteiger partial charge in [0.15, 0.2) is 0 Å². The first-order chi connectivity index (χ1) is 8.25. The Labute approximate surface area is 98.9 Å². The zero-order chi connectivity index (χ0) is 11.8. The van der Waals surface area contributed by atoms with Crippen LogP contribution in [0.25, 0.3) is 22.0 Å². The Morgan fingerprint density at radius 1 is 1.00 bits per heavy atom. The molecule has 1 N–H and O–H groups in total. The third kappa shape index (κ3) is 1.62. The van der Waals surface area contributed by atoms with Gasteiger partial charge in [-0.1, -0.05) is 30.3 Å². The van der Waals surface area contributed by atoms with Crippen molar-refractivity contribution in [2.24, 2.45) is 0 Å². The Kier molecular flexibility index (Phi) is 2.22. The van der Waals surface area contributed by atoms with Crippen LogP contribution in [0.4, 0.5) is 4.39 Å². The second kappa shape index (κ2) is 3.74. The summed E-state index contributed by atoms with van der Waals surface area (Å²) in [4.78, 5) is 3.28. The number of fused-ring (bicyclic) bond motifs is 1. The summed E-state index contributed by atoms with van der Waals surface area (Å²) in [5.41, 5.74) is 4.51. The number of para-hydroxylation sites is 1. The van der Waals surface area contributed by atoms with Gasteiger partial charge in [-0.05, 0) is 30.2 Å². The summed E-state index contributed by atoms with van der Waals surface area (Å²) in [6, 6.07) is 12.8. The molecule has 2 heteroatoms. The van der Waals surface area contributed by atoms with Crippen LogP contribution >= 0.6 is 0 Å². The fourth-order valence-corrected chi connectivity index (χ4v) is 2.17. The molecule has 0 fully saturated rings. The van der Waals surface area contributed by atoms with E-state index in [9.17, 15) is 4.39 Å². The van der Waals surface area contributed by atoms with Crippen molar-refractivity contribution < 1.29 is 4.39 Å². The zero-order valence-corrected chi connectivity index (χ0v) is 9.50. The van der Waals surface area contributed by atoms with Gasteiger partial charge < -0.3 is 4.98 Å². The maximum absolute atomic E-state index is 12.9. The Morgan fingerprint density at radius 2 is 1.76 bits per heavy atom. The number of rotatable bonds is 1. The Morgan fingerprint density at radius 3 is 2.53 bits per heavy atom. The van der Waals surface area contributed by atoms with E-state index in [1.807, 2.05) is 12.3 Å². The summed E-state index contributed by atoms with van der Waals surface area (Å²) >= 11 is 0. The number of aromatic nitrogens is 1. The molecule has 1 aromatic heterocycles. The zero-order valence-electron chi connectivity index (χ0n) is 9.50. The molecule has 0 atom stereocenters. The molecule has 0 aliphatic heterocycles. The van der Waals surface area contributed by atoms with Gasteiger partial charge in [-0.2, -0.15) is 0 Å². The first kappa shape index (κ1) is 10.1. The number of aryl methyl sites for hydroxylation is 1. The third-order valence-corrected chi connectivity index (χ3v) is 3.08. The van der Waals surface area contributed by atoms with Crippen molar-refractivity contribution in [1.29, 1.82) is 0 Å². The van der Waals surface area contributed by atoms with Crippen LogP contribution in [-0.2, 0) is 0 Å². The van der Waals surface area contributed by atoms with E-state index < -0.39 is 0 Å². The molecule has 0 bridgehead atoms. The lowest BCUT2D eigenvalue weighted by Crippen LogP contribution is -1.78. The molecule has 0 aliphatic rings. The highest BCUT2D eigenvalue weighted by Gasteiger charge is 2.06. The van der Waals surface area contributed by atoms with E-state index in [0.717, 1.165) is 16.6 Å². The van der Waals surface area contributed by atoms with Gasteiger partial charge in [0.05, 0.1) is 0 Å². The van der Waals surface area contributed by atoms with Crippen molar-refractivity contribution in [3.05, 3.63) is 60.0 Å². The van der Waals surface area contributed by atoms with Crippen LogP contribution in [0.1, 0.15) is 5.56 Å². The molecule has 0 spiro atoms. The van der Waals surface area contributed by atoms with E-state index in [0.29, 0.717) is 0 Å². The number of nitrogens with one attached hydrogen (secondary N) is 1. The van der Waals surface area contributed by atoms with E-state index in [4.69, 9.17) is 0 Å². The first-order valence-electron chi connectivity index (χ1n) is 5.58. The Bertz CT molecular complexity index is 665. The molecule has 0 aliphatic carbocycles. The van der Waals surface area contributed by atoms with Gasteiger partial charge in [0.2, 0.25) is 0 Å². The summed E-state index contributed by atoms with van der Waals surface area (Å²) in [7, 11) is 0. The molecule has 0 radical (unpaired) electrons. The highest BCUT2D eigenvalue weighted by atomic mass is 19.1. The monoisotopic (exact) mass is 225 g/mol. The average molecular weight is 225 g/mol. The summed E-state index contributed by atoms with van der Waals surface area (Å²) in [6.45, 7) is 2.08. The molecule has 3 aromatic rings. The van der Waals surface area contributed by atoms with Crippen LogP contribution in [0, 0.1) is 12.7 Å². The number of benzene rings is 2. The number of hydrogen-bond acceptors (Lipinski definition) is 0. The van der Waals surface area contributed by atoms with Gasteiger partial charge in [0, 0.05) is 22.7 Å². The minimum atomic E-state index is -0.204. The summed E-state index contributed by atoms with van der Waals surface area (Å²) in [5.74, 6) is -0.204. The molecule has 0 unspecified atom stereocenters. The lowest BCUT2D eigenvalue weighted by Gasteiger charge is -2.00. The molecule has 1 heterocycles. The van der Waals surface area contributed by atoms with E-state index in [-0.39, 0.29) is 5.82 Å². The molecule has 2 aromatic carbocycles. The van der Waals surface area contributed by atoms with Crippen LogP contribution in [0.5, 0.6) is 0 Å². The molecule has 0 amide bonds. The SMILES string of the molecule is Cc1cccc2c(-c3ccc(F)cc3)c[nH]c12. The molecule has 1 nitrogen and oxygen atoms in total. The number of hydrogen-bond donors (Lipinski definition) is 1. The van der Waals surface area contributed by atoms with Gasteiger partial charge in [0.1, 0.15) is 5.82 Å². The highest BCUT2D eigenvalue weighted by Crippen LogP contribution is 2.29. The molecule has 0 saturated carbocycles. The molecular formula is C15H12FN. The van der Waals surface area contributed by atoms with Gasteiger partial charge in [0.25, 0.3) is 0 Å². The second-order valence-electron chi connectivity index (χ2n) is 4.21. The molecule has 17 heavy (non-hydrogen) atoms. The lowest BCUT2D eigenvalue weighted by molar-refractivity contribution is 0.628. The predicted octanol–water partition coefficient (Wildman–Crippen LogP) is 4.28. The first-order valence-corrected chi connectivity index (χ1v) is 5.58. The van der Waals surface area contributed by atoms with Crippen molar-refractivity contribution in [3.63, 3.8) is 0 Å². The summed E-state index contributed by atoms with van der Waals surface area (Å²) in [6.07, 6.45) is 1.98. The lowest BCUT2D eigenvalue weighted by atomic mass is 10.0. The maximum Gasteiger partial charge on any atom is 0.123 e. The Balaban J connectivity index is 2.24. The number of halogens is 1. The van der Waals surface area contributed by atoms with E-state index in [1.165, 1.54) is 23.1 Å². The molecule has 3 rings (SSSR count). The van der Waals surface area contributed by atoms with Crippen molar-refractivity contribution >= 4 is 10.9 Å². The predicted molar refractivity (Wildman–Crippen MR) is 68.4 cm³/mol. The topological polar surface area (TPSA) is 15.8 Å². The minimum Gasteiger partial charge on any atom is -0.360 e. The highest BCUT2D eigenvalue weighted by molar-refractivity contribution is 5.96. The van der Waals surface area contributed by atoms with Gasteiger partial charge in [-0.15, -0.1) is 0 Å². The fourth-order valence-electron chi connectivity index (χ4n) is 2.17. The quantitative estimate of drug-likeness (QED) is 0.636. The number of H-pyrrole nitrogens is 1. The van der Waals surface area contributed by atoms with E-state index >= 15 is 0 Å². The fraction of sp³-hybridized carbons (Fsp3) is 0.0667. The smallest absolute Gasteiger partial charge is 0.123 e. The standard InChI is InChI=1S/C15H12FN/c1-10-3-2-4-13-14(9-17-15(10)13)11-5-7-12(16)8-6-11/h2-9,17H,1H3. The van der Waals surface area contributed by atoms with Crippen molar-refractivity contribution in [2.45, 2.75) is 6.92 Å². The molecule has 84 valence electrons. The van der Waals surface area contributed by atoms with Crippen molar-refractivity contribution in [3.8, 4) is 11.1 Å². The van der Waals surface area contributed by atoms with E-state index in [1.54, 1.807) is 12.1 Å². The van der Waals surface area contributed by atoms with E-state index in [2.05, 4.69) is 24.0 Å². The minimum absolute atomic E-state index is 0.204. The average Bonchev–Trinajstić information content (AvgIpc) is 2.75. The van der Waals surface area contributed by atoms with Gasteiger partial charge >= 0.3 is 0 Å². The van der Waals surface area contributed by atoms with Crippen LogP contribution < -0.4 is 0 Å². The van der Waals surface area contributed by atoms with Crippen LogP contribution in [0.2, 0.25) is 0 Å². The third-order valence-electron chi connectivity index (χ3n) is 3.08.